The Hall–Kier alpha value is -2.74. The van der Waals surface area contributed by atoms with E-state index in [-0.39, 0.29) is 0 Å². The van der Waals surface area contributed by atoms with Crippen LogP contribution in [0.3, 0.4) is 0 Å². The van der Waals surface area contributed by atoms with Gasteiger partial charge >= 0.3 is 0 Å². The van der Waals surface area contributed by atoms with Crippen LogP contribution in [0.25, 0.3) is 0 Å². The molecule has 0 radical (unpaired) electrons. The third kappa shape index (κ3) is 3.18. The second-order valence-electron chi connectivity index (χ2n) is 4.14. The van der Waals surface area contributed by atoms with Crippen molar-refractivity contribution in [1.82, 2.24) is 4.98 Å². The standard InChI is InChI=1S/C15H16N4O/c1-3-18-12-7-13(10-17-9-12)19-14-5-4-11(8-16)6-15(14)20-2/h4-7,9-10,18-19H,3H2,1-2H3. The highest BCUT2D eigenvalue weighted by molar-refractivity contribution is 5.69. The summed E-state index contributed by atoms with van der Waals surface area (Å²) < 4.78 is 5.29. The van der Waals surface area contributed by atoms with E-state index in [1.165, 1.54) is 0 Å². The van der Waals surface area contributed by atoms with E-state index in [0.717, 1.165) is 23.6 Å². The fourth-order valence-corrected chi connectivity index (χ4v) is 1.83. The first-order valence-electron chi connectivity index (χ1n) is 6.31. The topological polar surface area (TPSA) is 70.0 Å². The van der Waals surface area contributed by atoms with Gasteiger partial charge in [0.25, 0.3) is 0 Å². The Morgan fingerprint density at radius 2 is 2.05 bits per heavy atom. The molecule has 20 heavy (non-hydrogen) atoms. The maximum absolute atomic E-state index is 8.89. The maximum atomic E-state index is 8.89. The number of nitrogens with zero attached hydrogens (tertiary/aromatic N) is 2. The van der Waals surface area contributed by atoms with E-state index in [0.29, 0.717) is 11.3 Å². The summed E-state index contributed by atoms with van der Waals surface area (Å²) in [5.74, 6) is 0.623. The number of nitrogens with one attached hydrogen (secondary N) is 2. The summed E-state index contributed by atoms with van der Waals surface area (Å²) in [4.78, 5) is 4.17. The van der Waals surface area contributed by atoms with Gasteiger partial charge in [0.05, 0.1) is 48.2 Å². The van der Waals surface area contributed by atoms with Crippen LogP contribution < -0.4 is 15.4 Å². The molecular formula is C15H16N4O. The van der Waals surface area contributed by atoms with Gasteiger partial charge in [-0.15, -0.1) is 0 Å². The molecule has 2 rings (SSSR count). The predicted octanol–water partition coefficient (Wildman–Crippen LogP) is 3.14. The number of nitriles is 1. The average Bonchev–Trinajstić information content (AvgIpc) is 2.48. The summed E-state index contributed by atoms with van der Waals surface area (Å²) >= 11 is 0. The highest BCUT2D eigenvalue weighted by Gasteiger charge is 2.05. The first-order valence-corrected chi connectivity index (χ1v) is 6.31. The van der Waals surface area contributed by atoms with Crippen LogP contribution in [0.15, 0.2) is 36.7 Å². The van der Waals surface area contributed by atoms with E-state index in [9.17, 15) is 0 Å². The van der Waals surface area contributed by atoms with E-state index < -0.39 is 0 Å². The fourth-order valence-electron chi connectivity index (χ4n) is 1.83. The summed E-state index contributed by atoms with van der Waals surface area (Å²) in [5.41, 5.74) is 3.16. The molecule has 0 fully saturated rings. The van der Waals surface area contributed by atoms with E-state index in [1.54, 1.807) is 31.6 Å². The lowest BCUT2D eigenvalue weighted by Crippen LogP contribution is -1.99. The number of pyridine rings is 1. The fraction of sp³-hybridized carbons (Fsp3) is 0.200. The molecule has 1 aromatic carbocycles. The van der Waals surface area contributed by atoms with Gasteiger partial charge in [0.15, 0.2) is 0 Å². The number of aromatic nitrogens is 1. The van der Waals surface area contributed by atoms with Crippen LogP contribution in [0.1, 0.15) is 12.5 Å². The van der Waals surface area contributed by atoms with Crippen molar-refractivity contribution in [3.05, 3.63) is 42.2 Å². The molecule has 0 unspecified atom stereocenters. The van der Waals surface area contributed by atoms with Gasteiger partial charge < -0.3 is 15.4 Å². The van der Waals surface area contributed by atoms with E-state index in [1.807, 2.05) is 19.1 Å². The lowest BCUT2D eigenvalue weighted by Gasteiger charge is -2.12. The second-order valence-corrected chi connectivity index (χ2v) is 4.14. The molecule has 1 aromatic heterocycles. The summed E-state index contributed by atoms with van der Waals surface area (Å²) in [6.45, 7) is 2.87. The minimum atomic E-state index is 0.562. The van der Waals surface area contributed by atoms with Crippen molar-refractivity contribution in [2.75, 3.05) is 24.3 Å². The van der Waals surface area contributed by atoms with Gasteiger partial charge in [0, 0.05) is 12.6 Å². The highest BCUT2D eigenvalue weighted by atomic mass is 16.5. The molecule has 0 saturated heterocycles. The summed E-state index contributed by atoms with van der Waals surface area (Å²) in [5, 5.41) is 15.3. The Kier molecular flexibility index (Phi) is 4.40. The highest BCUT2D eigenvalue weighted by Crippen LogP contribution is 2.29. The van der Waals surface area contributed by atoms with Gasteiger partial charge in [-0.1, -0.05) is 0 Å². The molecule has 2 aromatic rings. The molecule has 0 aliphatic heterocycles. The van der Waals surface area contributed by atoms with Crippen molar-refractivity contribution < 1.29 is 4.74 Å². The normalized spacial score (nSPS) is 9.65. The average molecular weight is 268 g/mol. The van der Waals surface area contributed by atoms with Gasteiger partial charge in [0.2, 0.25) is 0 Å². The Balaban J connectivity index is 2.25. The molecule has 0 saturated carbocycles. The lowest BCUT2D eigenvalue weighted by atomic mass is 10.2. The molecule has 5 heteroatoms. The van der Waals surface area contributed by atoms with Crippen molar-refractivity contribution in [3.63, 3.8) is 0 Å². The van der Waals surface area contributed by atoms with Gasteiger partial charge in [-0.2, -0.15) is 5.26 Å². The molecule has 0 aliphatic carbocycles. The van der Waals surface area contributed by atoms with Gasteiger partial charge in [-0.25, -0.2) is 0 Å². The van der Waals surface area contributed by atoms with Crippen LogP contribution in [-0.2, 0) is 0 Å². The molecule has 5 nitrogen and oxygen atoms in total. The van der Waals surface area contributed by atoms with E-state index in [4.69, 9.17) is 10.00 Å². The molecule has 0 aliphatic rings. The smallest absolute Gasteiger partial charge is 0.143 e. The van der Waals surface area contributed by atoms with Crippen LogP contribution in [0.5, 0.6) is 5.75 Å². The largest absolute Gasteiger partial charge is 0.495 e. The SMILES string of the molecule is CCNc1cncc(Nc2ccc(C#N)cc2OC)c1. The maximum Gasteiger partial charge on any atom is 0.143 e. The van der Waals surface area contributed by atoms with Gasteiger partial charge in [-0.3, -0.25) is 4.98 Å². The molecular weight excluding hydrogens is 252 g/mol. The number of hydrogen-bond acceptors (Lipinski definition) is 5. The number of rotatable bonds is 5. The van der Waals surface area contributed by atoms with Crippen LogP contribution >= 0.6 is 0 Å². The third-order valence-corrected chi connectivity index (χ3v) is 2.73. The second kappa shape index (κ2) is 6.43. The Bertz CT molecular complexity index is 634. The van der Waals surface area contributed by atoms with Crippen molar-refractivity contribution >= 4 is 17.1 Å². The van der Waals surface area contributed by atoms with Gasteiger partial charge in [0.1, 0.15) is 5.75 Å². The molecule has 0 atom stereocenters. The Labute approximate surface area is 118 Å². The van der Waals surface area contributed by atoms with Crippen LogP contribution in [0.2, 0.25) is 0 Å². The molecule has 0 amide bonds. The number of benzene rings is 1. The van der Waals surface area contributed by atoms with Gasteiger partial charge in [-0.05, 0) is 25.1 Å². The van der Waals surface area contributed by atoms with E-state index >= 15 is 0 Å². The van der Waals surface area contributed by atoms with Crippen molar-refractivity contribution in [1.29, 1.82) is 5.26 Å². The quantitative estimate of drug-likeness (QED) is 0.871. The number of ether oxygens (including phenoxy) is 1. The minimum absolute atomic E-state index is 0.562. The van der Waals surface area contributed by atoms with Crippen LogP contribution in [0.4, 0.5) is 17.1 Å². The van der Waals surface area contributed by atoms with Crippen LogP contribution in [0, 0.1) is 11.3 Å². The first-order chi connectivity index (χ1) is 9.76. The molecule has 0 bridgehead atoms. The van der Waals surface area contributed by atoms with Crippen molar-refractivity contribution in [3.8, 4) is 11.8 Å². The third-order valence-electron chi connectivity index (χ3n) is 2.73. The van der Waals surface area contributed by atoms with Crippen molar-refractivity contribution in [2.45, 2.75) is 6.92 Å². The zero-order valence-corrected chi connectivity index (χ0v) is 11.5. The zero-order chi connectivity index (χ0) is 14.4. The van der Waals surface area contributed by atoms with Crippen LogP contribution in [-0.4, -0.2) is 18.6 Å². The monoisotopic (exact) mass is 268 g/mol. The summed E-state index contributed by atoms with van der Waals surface area (Å²) in [6, 6.07) is 9.31. The first kappa shape index (κ1) is 13.7. The minimum Gasteiger partial charge on any atom is -0.495 e. The molecule has 102 valence electrons. The Morgan fingerprint density at radius 3 is 2.75 bits per heavy atom. The molecule has 1 heterocycles. The molecule has 2 N–H and O–H groups in total. The predicted molar refractivity (Wildman–Crippen MR) is 79.4 cm³/mol. The lowest BCUT2D eigenvalue weighted by molar-refractivity contribution is 0.416. The van der Waals surface area contributed by atoms with Crippen molar-refractivity contribution in [2.24, 2.45) is 0 Å². The van der Waals surface area contributed by atoms with E-state index in [2.05, 4.69) is 21.7 Å². The number of hydrogen-bond donors (Lipinski definition) is 2. The zero-order valence-electron chi connectivity index (χ0n) is 11.5. The summed E-state index contributed by atoms with van der Waals surface area (Å²) in [7, 11) is 1.58. The number of methoxy groups -OCH3 is 1. The molecule has 0 spiro atoms. The Morgan fingerprint density at radius 1 is 1.25 bits per heavy atom. The number of anilines is 3. The summed E-state index contributed by atoms with van der Waals surface area (Å²) in [6.07, 6.45) is 3.50.